The molecule has 1 aromatic heterocycles. The van der Waals surface area contributed by atoms with E-state index in [0.717, 1.165) is 10.9 Å². The normalized spacial score (nSPS) is 18.0. The molecule has 0 N–H and O–H groups in total. The highest BCUT2D eigenvalue weighted by Gasteiger charge is 2.27. The fraction of sp³-hybridized carbons (Fsp3) is 0.421. The highest BCUT2D eigenvalue weighted by Crippen LogP contribution is 2.24. The van der Waals surface area contributed by atoms with Crippen LogP contribution in [0.25, 0.3) is 10.9 Å². The number of nitrogens with zero attached hydrogens (tertiary/aromatic N) is 5. The Morgan fingerprint density at radius 2 is 1.73 bits per heavy atom. The first-order chi connectivity index (χ1) is 12.8. The van der Waals surface area contributed by atoms with Crippen LogP contribution in [-0.2, 0) is 4.74 Å². The summed E-state index contributed by atoms with van der Waals surface area (Å²) in [5.41, 5.74) is 1.46. The van der Waals surface area contributed by atoms with Crippen LogP contribution in [-0.4, -0.2) is 73.3 Å². The van der Waals surface area contributed by atoms with Crippen molar-refractivity contribution in [3.8, 4) is 6.07 Å². The monoisotopic (exact) mass is 351 g/mol. The van der Waals surface area contributed by atoms with Gasteiger partial charge in [-0.15, -0.1) is 0 Å². The molecule has 2 saturated heterocycles. The van der Waals surface area contributed by atoms with E-state index < -0.39 is 0 Å². The van der Waals surface area contributed by atoms with Crippen LogP contribution in [0.3, 0.4) is 0 Å². The number of para-hydroxylation sites is 1. The van der Waals surface area contributed by atoms with Gasteiger partial charge >= 0.3 is 6.03 Å². The van der Waals surface area contributed by atoms with Crippen molar-refractivity contribution >= 4 is 22.8 Å². The van der Waals surface area contributed by atoms with Crippen molar-refractivity contribution in [2.45, 2.75) is 0 Å². The molecule has 0 aliphatic carbocycles. The predicted molar refractivity (Wildman–Crippen MR) is 98.0 cm³/mol. The Bertz CT molecular complexity index is 849. The molecule has 0 atom stereocenters. The summed E-state index contributed by atoms with van der Waals surface area (Å²) < 4.78 is 5.31. The second kappa shape index (κ2) is 7.18. The van der Waals surface area contributed by atoms with E-state index in [4.69, 9.17) is 9.72 Å². The third kappa shape index (κ3) is 3.16. The van der Waals surface area contributed by atoms with E-state index in [1.54, 1.807) is 0 Å². The van der Waals surface area contributed by atoms with Crippen molar-refractivity contribution in [3.05, 3.63) is 35.9 Å². The summed E-state index contributed by atoms with van der Waals surface area (Å²) in [6, 6.07) is 12.1. The lowest BCUT2D eigenvalue weighted by molar-refractivity contribution is 0.0428. The summed E-state index contributed by atoms with van der Waals surface area (Å²) in [5.74, 6) is 0.713. The second-order valence-corrected chi connectivity index (χ2v) is 6.52. The molecule has 2 fully saturated rings. The second-order valence-electron chi connectivity index (χ2n) is 6.52. The average molecular weight is 351 g/mol. The summed E-state index contributed by atoms with van der Waals surface area (Å²) in [6.45, 7) is 5.15. The Balaban J connectivity index is 1.48. The Kier molecular flexibility index (Phi) is 4.59. The lowest BCUT2D eigenvalue weighted by Gasteiger charge is -2.39. The van der Waals surface area contributed by atoms with Crippen LogP contribution in [0.2, 0.25) is 0 Å². The fourth-order valence-electron chi connectivity index (χ4n) is 3.49. The number of ether oxygens (including phenoxy) is 1. The topological polar surface area (TPSA) is 72.7 Å². The fourth-order valence-corrected chi connectivity index (χ4v) is 3.49. The highest BCUT2D eigenvalue weighted by molar-refractivity contribution is 5.83. The summed E-state index contributed by atoms with van der Waals surface area (Å²) >= 11 is 0. The van der Waals surface area contributed by atoms with E-state index in [1.165, 1.54) is 0 Å². The van der Waals surface area contributed by atoms with Gasteiger partial charge in [-0.05, 0) is 12.1 Å². The molecule has 2 aliphatic heterocycles. The van der Waals surface area contributed by atoms with Gasteiger partial charge in [0.15, 0.2) is 0 Å². The van der Waals surface area contributed by atoms with Crippen LogP contribution in [0.5, 0.6) is 0 Å². The largest absolute Gasteiger partial charge is 0.378 e. The van der Waals surface area contributed by atoms with E-state index in [0.29, 0.717) is 63.9 Å². The van der Waals surface area contributed by atoms with Crippen molar-refractivity contribution in [1.82, 2.24) is 14.8 Å². The third-order valence-corrected chi connectivity index (χ3v) is 4.96. The Labute approximate surface area is 152 Å². The van der Waals surface area contributed by atoms with Gasteiger partial charge in [0.25, 0.3) is 0 Å². The quantitative estimate of drug-likeness (QED) is 0.782. The van der Waals surface area contributed by atoms with Crippen LogP contribution in [0, 0.1) is 11.3 Å². The van der Waals surface area contributed by atoms with E-state index in [1.807, 2.05) is 40.1 Å². The first kappa shape index (κ1) is 16.6. The number of pyridine rings is 1. The van der Waals surface area contributed by atoms with Gasteiger partial charge in [0.2, 0.25) is 0 Å². The summed E-state index contributed by atoms with van der Waals surface area (Å²) in [7, 11) is 0. The first-order valence-corrected chi connectivity index (χ1v) is 8.93. The Morgan fingerprint density at radius 1 is 1.04 bits per heavy atom. The maximum absolute atomic E-state index is 12.6. The number of hydrogen-bond acceptors (Lipinski definition) is 5. The first-order valence-electron chi connectivity index (χ1n) is 8.93. The number of morpholine rings is 1. The molecule has 7 nitrogen and oxygen atoms in total. The van der Waals surface area contributed by atoms with Gasteiger partial charge in [-0.2, -0.15) is 5.26 Å². The number of anilines is 1. The van der Waals surface area contributed by atoms with E-state index in [2.05, 4.69) is 11.0 Å². The van der Waals surface area contributed by atoms with Crippen LogP contribution in [0.1, 0.15) is 5.56 Å². The molecule has 0 radical (unpaired) electrons. The minimum absolute atomic E-state index is 0.0833. The lowest BCUT2D eigenvalue weighted by atomic mass is 10.1. The summed E-state index contributed by atoms with van der Waals surface area (Å²) in [4.78, 5) is 23.2. The van der Waals surface area contributed by atoms with Gasteiger partial charge in [-0.3, -0.25) is 0 Å². The van der Waals surface area contributed by atoms with Gasteiger partial charge in [0, 0.05) is 44.7 Å². The van der Waals surface area contributed by atoms with Crippen molar-refractivity contribution in [2.24, 2.45) is 0 Å². The molecule has 0 bridgehead atoms. The van der Waals surface area contributed by atoms with Crippen LogP contribution < -0.4 is 4.90 Å². The third-order valence-electron chi connectivity index (χ3n) is 4.96. The molecule has 7 heteroatoms. The smallest absolute Gasteiger partial charge is 0.320 e. The molecule has 1 aromatic carbocycles. The highest BCUT2D eigenvalue weighted by atomic mass is 16.5. The molecule has 4 rings (SSSR count). The molecule has 2 amide bonds. The van der Waals surface area contributed by atoms with Gasteiger partial charge in [-0.1, -0.05) is 18.2 Å². The zero-order valence-corrected chi connectivity index (χ0v) is 14.6. The molecule has 2 aliphatic rings. The van der Waals surface area contributed by atoms with Gasteiger partial charge in [-0.25, -0.2) is 9.78 Å². The number of fused-ring (bicyclic) bond motifs is 1. The van der Waals surface area contributed by atoms with Gasteiger partial charge in [0.1, 0.15) is 11.9 Å². The number of rotatable bonds is 1. The number of carbonyl (C=O) groups is 1. The lowest BCUT2D eigenvalue weighted by Crippen LogP contribution is -2.55. The molecule has 134 valence electrons. The van der Waals surface area contributed by atoms with Crippen LogP contribution >= 0.6 is 0 Å². The van der Waals surface area contributed by atoms with E-state index >= 15 is 0 Å². The van der Waals surface area contributed by atoms with Crippen molar-refractivity contribution < 1.29 is 9.53 Å². The zero-order chi connectivity index (χ0) is 17.9. The number of benzene rings is 1. The van der Waals surface area contributed by atoms with Gasteiger partial charge in [0.05, 0.1) is 24.3 Å². The molecule has 0 unspecified atom stereocenters. The van der Waals surface area contributed by atoms with Gasteiger partial charge < -0.3 is 19.4 Å². The van der Waals surface area contributed by atoms with E-state index in [9.17, 15) is 10.1 Å². The summed E-state index contributed by atoms with van der Waals surface area (Å²) in [5, 5.41) is 10.5. The molecule has 3 heterocycles. The molecule has 2 aromatic rings. The molecule has 26 heavy (non-hydrogen) atoms. The Morgan fingerprint density at radius 3 is 2.46 bits per heavy atom. The van der Waals surface area contributed by atoms with Crippen LogP contribution in [0.15, 0.2) is 30.3 Å². The maximum atomic E-state index is 12.6. The summed E-state index contributed by atoms with van der Waals surface area (Å²) in [6.07, 6.45) is 0. The maximum Gasteiger partial charge on any atom is 0.320 e. The molecule has 0 spiro atoms. The minimum Gasteiger partial charge on any atom is -0.378 e. The van der Waals surface area contributed by atoms with Crippen LogP contribution in [0.4, 0.5) is 10.6 Å². The van der Waals surface area contributed by atoms with Crippen molar-refractivity contribution in [3.63, 3.8) is 0 Å². The number of urea groups is 1. The van der Waals surface area contributed by atoms with Crippen molar-refractivity contribution in [1.29, 1.82) is 5.26 Å². The minimum atomic E-state index is 0.0833. The zero-order valence-electron chi connectivity index (χ0n) is 14.6. The standard InChI is InChI=1S/C19H21N5O2/c20-14-16-13-15-3-1-2-4-17(15)21-18(16)22-5-7-23(8-6-22)19(25)24-9-11-26-12-10-24/h1-4,13H,5-12H2. The number of piperazine rings is 1. The number of hydrogen-bond donors (Lipinski definition) is 0. The number of carbonyl (C=O) groups excluding carboxylic acids is 1. The number of amides is 2. The Hall–Kier alpha value is -2.85. The predicted octanol–water partition coefficient (Wildman–Crippen LogP) is 1.68. The number of nitriles is 1. The molecule has 0 saturated carbocycles. The SMILES string of the molecule is N#Cc1cc2ccccc2nc1N1CCN(C(=O)N2CCOCC2)CC1. The molecular formula is C19H21N5O2. The average Bonchev–Trinajstić information content (AvgIpc) is 2.73. The number of aromatic nitrogens is 1. The molecular weight excluding hydrogens is 330 g/mol. The van der Waals surface area contributed by atoms with Crippen molar-refractivity contribution in [2.75, 3.05) is 57.4 Å². The van der Waals surface area contributed by atoms with E-state index in [-0.39, 0.29) is 6.03 Å².